The molecule has 4 fully saturated rings. The molecule has 7 rings (SSSR count). The summed E-state index contributed by atoms with van der Waals surface area (Å²) in [4.78, 5) is 193. The minimum atomic E-state index is -1.85. The maximum Gasteiger partial charge on any atom is 0.329 e. The molecule has 0 spiro atoms. The van der Waals surface area contributed by atoms with Crippen molar-refractivity contribution < 1.29 is 76.5 Å². The second-order valence-electron chi connectivity index (χ2n) is 24.8. The highest BCUT2D eigenvalue weighted by molar-refractivity contribution is 6.17. The van der Waals surface area contributed by atoms with Crippen LogP contribution in [-0.2, 0) is 67.0 Å². The number of amides is 10. The van der Waals surface area contributed by atoms with E-state index in [1.807, 2.05) is 0 Å². The quantitative estimate of drug-likeness (QED) is 0.182. The van der Waals surface area contributed by atoms with Crippen molar-refractivity contribution in [3.8, 4) is 5.75 Å². The molecule has 6 aliphatic rings. The number of likely N-dealkylation sites (N-methyl/N-ethyl adjacent to an activating group) is 4. The third-order valence-corrected chi connectivity index (χ3v) is 17.3. The molecule has 5 aliphatic heterocycles. The van der Waals surface area contributed by atoms with E-state index in [0.717, 1.165) is 9.80 Å². The average Bonchev–Trinajstić information content (AvgIpc) is 1.54. The van der Waals surface area contributed by atoms with Crippen molar-refractivity contribution in [2.75, 3.05) is 59.7 Å². The summed E-state index contributed by atoms with van der Waals surface area (Å²) in [5, 5.41) is 13.7. The number of carbonyl (C=O) groups is 13. The lowest BCUT2D eigenvalue weighted by Crippen LogP contribution is -2.62. The Morgan fingerprint density at radius 3 is 1.56 bits per heavy atom. The number of ether oxygens (including phenoxy) is 3. The van der Waals surface area contributed by atoms with Crippen molar-refractivity contribution in [1.82, 2.24) is 50.7 Å². The lowest BCUT2D eigenvalue weighted by Gasteiger charge is -2.38. The maximum absolute atomic E-state index is 15.2. The Hall–Kier alpha value is -8.59. The Bertz CT molecular complexity index is 3140. The van der Waals surface area contributed by atoms with Crippen LogP contribution in [0.4, 0.5) is 5.69 Å². The van der Waals surface area contributed by atoms with Crippen LogP contribution in [0, 0.1) is 24.7 Å². The third-order valence-electron chi connectivity index (χ3n) is 17.3. The van der Waals surface area contributed by atoms with Gasteiger partial charge in [-0.2, -0.15) is 0 Å². The Morgan fingerprint density at radius 2 is 1.08 bits per heavy atom. The van der Waals surface area contributed by atoms with Gasteiger partial charge < -0.3 is 75.9 Å². The maximum atomic E-state index is 15.2. The van der Waals surface area contributed by atoms with Crippen LogP contribution in [0.1, 0.15) is 111 Å². The molecule has 1 aliphatic carbocycles. The van der Waals surface area contributed by atoms with Crippen molar-refractivity contribution >= 4 is 82.5 Å². The predicted molar refractivity (Wildman–Crippen MR) is 314 cm³/mol. The van der Waals surface area contributed by atoms with Gasteiger partial charge >= 0.3 is 11.9 Å². The van der Waals surface area contributed by atoms with Crippen LogP contribution in [0.3, 0.4) is 0 Å². The van der Waals surface area contributed by atoms with Crippen LogP contribution in [0.5, 0.6) is 5.75 Å². The molecule has 0 saturated carbocycles. The van der Waals surface area contributed by atoms with E-state index in [1.165, 1.54) is 87.6 Å². The molecule has 11 atom stereocenters. The number of ketones is 1. The summed E-state index contributed by atoms with van der Waals surface area (Å²) in [6.07, 6.45) is -1.58. The van der Waals surface area contributed by atoms with Gasteiger partial charge in [0, 0.05) is 46.9 Å². The molecular weight excluding hydrogens is 1140 g/mol. The van der Waals surface area contributed by atoms with Gasteiger partial charge in [0.25, 0.3) is 11.8 Å². The monoisotopic (exact) mass is 1230 g/mol. The molecule has 0 aromatic heterocycles. The van der Waals surface area contributed by atoms with E-state index in [0.29, 0.717) is 24.8 Å². The number of aryl methyl sites for hydroxylation is 1. The summed E-state index contributed by atoms with van der Waals surface area (Å²) in [6.45, 7) is 16.5. The standard InChI is InChI=1S/C60H84N12O16/c1-26(2)41-58(83)72-23-17-19-36(72)57(82)68(13)25-38(74)70(15)47(28(5)6)60(85)87-33(11)43(54(79)64-41)66-52(77)39-40(61)48(75)30(8)50-45(39)63-44-34(21-20-29(7)49(44)88-50)51(76)65-42-32(10)86-59(84)46(27(3)4)69(14)37(73)24-67(12)56(81)35-18-16-22-71(35)55(80)31(9)62-53(42)78/h20-21,26-28,31-33,35-36,41-43,45-47,63H,16-19,22-25,61H2,1-15H3,(H,62,78)(H,64,79)(H,65,76)(H,66,77)/t31-,32-,33-,35+,36+,41-,42+,43+,45?,46+,47+/m1/s1. The second-order valence-corrected chi connectivity index (χ2v) is 24.8. The molecule has 10 amide bonds. The van der Waals surface area contributed by atoms with Crippen molar-refractivity contribution in [1.29, 1.82) is 0 Å². The number of fused-ring (bicyclic) bond motifs is 4. The first-order valence-electron chi connectivity index (χ1n) is 29.8. The van der Waals surface area contributed by atoms with E-state index in [9.17, 15) is 57.5 Å². The Kier molecular flexibility index (Phi) is 20.4. The van der Waals surface area contributed by atoms with Gasteiger partial charge in [0.2, 0.25) is 53.0 Å². The zero-order chi connectivity index (χ0) is 65.4. The molecule has 1 aromatic carbocycles. The number of Topliss-reactive ketones (excluding diaryl/α,β-unsaturated/α-hetero) is 1. The van der Waals surface area contributed by atoms with Gasteiger partial charge in [-0.3, -0.25) is 52.7 Å². The number of anilines is 1. The summed E-state index contributed by atoms with van der Waals surface area (Å²) in [5.74, 6) is -12.3. The predicted octanol–water partition coefficient (Wildman–Crippen LogP) is -0.778. The van der Waals surface area contributed by atoms with Crippen molar-refractivity contribution in [3.05, 3.63) is 45.9 Å². The normalized spacial score (nSPS) is 28.7. The number of cyclic esters (lactones) is 2. The average molecular weight is 1230 g/mol. The number of benzene rings is 1. The molecule has 28 heteroatoms. The third kappa shape index (κ3) is 13.3. The minimum absolute atomic E-state index is 0.00107. The van der Waals surface area contributed by atoms with Gasteiger partial charge in [0.15, 0.2) is 5.75 Å². The van der Waals surface area contributed by atoms with Gasteiger partial charge in [0.1, 0.15) is 72.3 Å². The van der Waals surface area contributed by atoms with E-state index in [4.69, 9.17) is 19.9 Å². The van der Waals surface area contributed by atoms with E-state index in [-0.39, 0.29) is 47.8 Å². The molecule has 480 valence electrons. The Morgan fingerprint density at radius 1 is 0.614 bits per heavy atom. The molecular formula is C60H84N12O16. The number of esters is 2. The van der Waals surface area contributed by atoms with Crippen molar-refractivity contribution in [2.45, 2.75) is 168 Å². The fourth-order valence-electron chi connectivity index (χ4n) is 12.2. The number of allylic oxidation sites excluding steroid dienone is 1. The smallest absolute Gasteiger partial charge is 0.329 e. The Labute approximate surface area is 511 Å². The van der Waals surface area contributed by atoms with Crippen LogP contribution in [0.2, 0.25) is 0 Å². The summed E-state index contributed by atoms with van der Waals surface area (Å²) < 4.78 is 18.3. The summed E-state index contributed by atoms with van der Waals surface area (Å²) in [7, 11) is 5.59. The van der Waals surface area contributed by atoms with Crippen LogP contribution in [0.25, 0.3) is 0 Å². The van der Waals surface area contributed by atoms with Gasteiger partial charge in [0.05, 0.1) is 35.6 Å². The summed E-state index contributed by atoms with van der Waals surface area (Å²) in [6, 6.07) is -9.24. The summed E-state index contributed by atoms with van der Waals surface area (Å²) in [5.41, 5.74) is 5.50. The SMILES string of the molecule is CC1=C2Oc3c(C)ccc(C(=O)N[C@@H]4C(=O)N[C@H](C)C(=O)N5CCC[C@H]5C(=O)N(C)CC(=O)N(C)[C@@H](C(C)C)C(=O)O[C@@H]4C)c3NC2C(C(=O)N[C@@H]2C(=O)N[C@H](C(C)C)C(=O)N3CCC[C@H]3C(=O)N(C)CC(=O)N(C)[C@@H](C(C)C)C(=O)O[C@@H]2C)=C(N)C1=O. The number of nitrogens with one attached hydrogen (secondary N) is 5. The number of carbonyl (C=O) groups excluding carboxylic acids is 13. The van der Waals surface area contributed by atoms with Crippen molar-refractivity contribution in [3.63, 3.8) is 0 Å². The number of rotatable bonds is 7. The first-order valence-corrected chi connectivity index (χ1v) is 29.8. The highest BCUT2D eigenvalue weighted by Gasteiger charge is 2.48. The zero-order valence-corrected chi connectivity index (χ0v) is 52.7. The molecule has 1 aromatic rings. The number of nitrogens with two attached hydrogens (primary N) is 1. The van der Waals surface area contributed by atoms with Gasteiger partial charge in [-0.25, -0.2) is 9.59 Å². The minimum Gasteiger partial charge on any atom is -0.458 e. The molecule has 0 radical (unpaired) electrons. The topological polar surface area (TPSA) is 355 Å². The molecule has 28 nitrogen and oxygen atoms in total. The lowest BCUT2D eigenvalue weighted by molar-refractivity contribution is -0.163. The first kappa shape index (κ1) is 66.9. The van der Waals surface area contributed by atoms with Crippen LogP contribution in [0.15, 0.2) is 34.7 Å². The Balaban J connectivity index is 1.24. The molecule has 88 heavy (non-hydrogen) atoms. The second kappa shape index (κ2) is 26.8. The van der Waals surface area contributed by atoms with E-state index >= 15 is 4.79 Å². The fraction of sp³-hybridized carbons (Fsp3) is 0.617. The molecule has 7 N–H and O–H groups in total. The molecule has 4 saturated heterocycles. The van der Waals surface area contributed by atoms with Gasteiger partial charge in [-0.1, -0.05) is 47.6 Å². The zero-order valence-electron chi connectivity index (χ0n) is 52.7. The molecule has 5 heterocycles. The highest BCUT2D eigenvalue weighted by atomic mass is 16.6. The first-order chi connectivity index (χ1) is 41.2. The fourth-order valence-corrected chi connectivity index (χ4v) is 12.2. The van der Waals surface area contributed by atoms with E-state index in [1.54, 1.807) is 48.5 Å². The lowest BCUT2D eigenvalue weighted by atomic mass is 9.87. The summed E-state index contributed by atoms with van der Waals surface area (Å²) >= 11 is 0. The number of nitrogens with zero attached hydrogens (tertiary/aromatic N) is 6. The largest absolute Gasteiger partial charge is 0.458 e. The van der Waals surface area contributed by atoms with Gasteiger partial charge in [-0.05, 0) is 89.7 Å². The van der Waals surface area contributed by atoms with Crippen molar-refractivity contribution in [2.24, 2.45) is 23.5 Å². The van der Waals surface area contributed by atoms with Crippen LogP contribution < -0.4 is 37.1 Å². The van der Waals surface area contributed by atoms with Crippen LogP contribution >= 0.6 is 0 Å². The van der Waals surface area contributed by atoms with Crippen LogP contribution in [-0.4, -0.2) is 227 Å². The van der Waals surface area contributed by atoms with Gasteiger partial charge in [-0.15, -0.1) is 0 Å². The van der Waals surface area contributed by atoms with E-state index < -0.39 is 185 Å². The van der Waals surface area contributed by atoms with E-state index in [2.05, 4.69) is 26.6 Å². The molecule has 0 bridgehead atoms. The number of hydrogen-bond donors (Lipinski definition) is 6. The number of hydrogen-bond acceptors (Lipinski definition) is 18. The highest BCUT2D eigenvalue weighted by Crippen LogP contribution is 2.43. The molecule has 1 unspecified atom stereocenters.